The van der Waals surface area contributed by atoms with Crippen molar-refractivity contribution in [3.63, 3.8) is 0 Å². The van der Waals surface area contributed by atoms with E-state index in [0.717, 1.165) is 66.8 Å². The monoisotopic (exact) mass is 622 g/mol. The van der Waals surface area contributed by atoms with E-state index in [2.05, 4.69) is 43.6 Å². The Labute approximate surface area is 268 Å². The summed E-state index contributed by atoms with van der Waals surface area (Å²) in [5.74, 6) is 0.883. The SMILES string of the molecule is NCC1CCC(C(=O)C[C@@H](Cc2ccc(-c3ccc(N4CCOCC4)nc3)cc2)C(=O)Nc2ccc(-c3cc(=O)[nH][nH]3)cc2)CC1. The molecule has 0 bridgehead atoms. The summed E-state index contributed by atoms with van der Waals surface area (Å²) in [4.78, 5) is 45.6. The van der Waals surface area contributed by atoms with Crippen molar-refractivity contribution in [1.82, 2.24) is 15.2 Å². The van der Waals surface area contributed by atoms with E-state index < -0.39 is 5.92 Å². The number of carbonyl (C=O) groups excluding carboxylic acids is 2. The van der Waals surface area contributed by atoms with E-state index in [1.807, 2.05) is 36.5 Å². The van der Waals surface area contributed by atoms with Crippen LogP contribution in [0.2, 0.25) is 0 Å². The van der Waals surface area contributed by atoms with Gasteiger partial charge in [-0.25, -0.2) is 4.98 Å². The number of nitrogens with two attached hydrogens (primary N) is 1. The zero-order valence-corrected chi connectivity index (χ0v) is 26.0. The van der Waals surface area contributed by atoms with Gasteiger partial charge in [-0.15, -0.1) is 0 Å². The summed E-state index contributed by atoms with van der Waals surface area (Å²) in [6.45, 7) is 3.78. The van der Waals surface area contributed by atoms with Crippen LogP contribution in [0.25, 0.3) is 22.4 Å². The van der Waals surface area contributed by atoms with Gasteiger partial charge in [-0.3, -0.25) is 24.6 Å². The van der Waals surface area contributed by atoms with E-state index in [1.165, 1.54) is 6.07 Å². The summed E-state index contributed by atoms with van der Waals surface area (Å²) < 4.78 is 5.45. The number of benzene rings is 2. The number of aromatic nitrogens is 3. The highest BCUT2D eigenvalue weighted by atomic mass is 16.5. The van der Waals surface area contributed by atoms with Gasteiger partial charge in [-0.1, -0.05) is 36.4 Å². The lowest BCUT2D eigenvalue weighted by Gasteiger charge is -2.28. The fourth-order valence-corrected chi connectivity index (χ4v) is 6.51. The summed E-state index contributed by atoms with van der Waals surface area (Å²) >= 11 is 0. The number of hydrogen-bond donors (Lipinski definition) is 4. The highest BCUT2D eigenvalue weighted by Gasteiger charge is 2.30. The maximum atomic E-state index is 13.7. The molecule has 1 saturated carbocycles. The molecule has 0 unspecified atom stereocenters. The molecule has 2 aromatic carbocycles. The van der Waals surface area contributed by atoms with Gasteiger partial charge in [0.05, 0.1) is 18.9 Å². The van der Waals surface area contributed by atoms with Gasteiger partial charge in [0.2, 0.25) is 5.91 Å². The molecule has 1 saturated heterocycles. The number of ether oxygens (including phenoxy) is 1. The summed E-state index contributed by atoms with van der Waals surface area (Å²) in [6.07, 6.45) is 6.15. The van der Waals surface area contributed by atoms with Gasteiger partial charge in [0.1, 0.15) is 11.6 Å². The largest absolute Gasteiger partial charge is 0.378 e. The van der Waals surface area contributed by atoms with Crippen molar-refractivity contribution in [3.8, 4) is 22.4 Å². The van der Waals surface area contributed by atoms with Crippen LogP contribution in [0.4, 0.5) is 11.5 Å². The van der Waals surface area contributed by atoms with Crippen LogP contribution in [0.1, 0.15) is 37.7 Å². The van der Waals surface area contributed by atoms with Crippen LogP contribution in [-0.2, 0) is 20.7 Å². The van der Waals surface area contributed by atoms with Gasteiger partial charge in [0, 0.05) is 54.9 Å². The standard InChI is InChI=1S/C36H42N6O4/c37-22-25-3-7-28(8-4-25)33(43)20-30(36(45)39-31-12-9-27(10-13-31)32-21-35(44)41-40-32)19-24-1-5-26(6-2-24)29-11-14-34(38-23-29)42-15-17-46-18-16-42/h1-2,5-6,9-14,21,23,25,28,30H,3-4,7-8,15-20,22,37H2,(H,39,45)(H2,40,41,44)/t25?,28?,30-/m1/s1. The lowest BCUT2D eigenvalue weighted by Crippen LogP contribution is -2.36. The van der Waals surface area contributed by atoms with Gasteiger partial charge in [-0.05, 0) is 85.5 Å². The van der Waals surface area contributed by atoms with E-state index >= 15 is 0 Å². The first-order chi connectivity index (χ1) is 22.4. The summed E-state index contributed by atoms with van der Waals surface area (Å²) in [5, 5.41) is 8.40. The predicted molar refractivity (Wildman–Crippen MR) is 180 cm³/mol. The van der Waals surface area contributed by atoms with Gasteiger partial charge >= 0.3 is 0 Å². The van der Waals surface area contributed by atoms with E-state index in [9.17, 15) is 14.4 Å². The molecule has 240 valence electrons. The number of anilines is 2. The van der Waals surface area contributed by atoms with Crippen molar-refractivity contribution >= 4 is 23.2 Å². The number of rotatable bonds is 11. The Hall–Kier alpha value is -4.54. The molecule has 46 heavy (non-hydrogen) atoms. The van der Waals surface area contributed by atoms with Crippen LogP contribution in [0.5, 0.6) is 0 Å². The number of carbonyl (C=O) groups is 2. The Kier molecular flexibility index (Phi) is 10.0. The number of aromatic amines is 2. The predicted octanol–water partition coefficient (Wildman–Crippen LogP) is 4.79. The molecule has 2 aliphatic rings. The maximum absolute atomic E-state index is 13.7. The number of hydrogen-bond acceptors (Lipinski definition) is 7. The molecule has 0 spiro atoms. The van der Waals surface area contributed by atoms with Crippen molar-refractivity contribution < 1.29 is 14.3 Å². The molecular formula is C36H42N6O4. The Balaban J connectivity index is 1.14. The lowest BCUT2D eigenvalue weighted by atomic mass is 9.77. The Bertz CT molecular complexity index is 1650. The third kappa shape index (κ3) is 7.81. The van der Waals surface area contributed by atoms with Gasteiger partial charge in [0.25, 0.3) is 5.56 Å². The second-order valence-corrected chi connectivity index (χ2v) is 12.5. The van der Waals surface area contributed by atoms with Crippen LogP contribution in [0.3, 0.4) is 0 Å². The third-order valence-corrected chi connectivity index (χ3v) is 9.37. The molecular weight excluding hydrogens is 580 g/mol. The van der Waals surface area contributed by atoms with Crippen molar-refractivity contribution in [3.05, 3.63) is 88.8 Å². The normalized spacial score (nSPS) is 19.0. The molecule has 1 aliphatic heterocycles. The molecule has 2 aromatic heterocycles. The van der Waals surface area contributed by atoms with Crippen LogP contribution < -0.4 is 21.5 Å². The molecule has 2 fully saturated rings. The number of H-pyrrole nitrogens is 2. The molecule has 1 aliphatic carbocycles. The van der Waals surface area contributed by atoms with Crippen molar-refractivity contribution in [2.75, 3.05) is 43.1 Å². The molecule has 6 rings (SSSR count). The molecule has 4 aromatic rings. The third-order valence-electron chi connectivity index (χ3n) is 9.37. The minimum absolute atomic E-state index is 0.0174. The van der Waals surface area contributed by atoms with Gasteiger partial charge in [-0.2, -0.15) is 0 Å². The molecule has 1 amide bonds. The van der Waals surface area contributed by atoms with E-state index in [4.69, 9.17) is 10.5 Å². The van der Waals surface area contributed by atoms with Crippen LogP contribution in [0.15, 0.2) is 77.7 Å². The highest BCUT2D eigenvalue weighted by Crippen LogP contribution is 2.31. The number of ketones is 1. The van der Waals surface area contributed by atoms with Crippen molar-refractivity contribution in [1.29, 1.82) is 0 Å². The lowest BCUT2D eigenvalue weighted by molar-refractivity contribution is -0.129. The number of amides is 1. The second kappa shape index (κ2) is 14.7. The number of nitrogens with one attached hydrogen (secondary N) is 3. The van der Waals surface area contributed by atoms with E-state index in [0.29, 0.717) is 43.5 Å². The molecule has 10 nitrogen and oxygen atoms in total. The number of Topliss-reactive ketones (excluding diaryl/α,β-unsaturated/α-hetero) is 1. The first-order valence-corrected chi connectivity index (χ1v) is 16.2. The zero-order valence-electron chi connectivity index (χ0n) is 26.0. The topological polar surface area (TPSA) is 146 Å². The van der Waals surface area contributed by atoms with E-state index in [-0.39, 0.29) is 29.6 Å². The fourth-order valence-electron chi connectivity index (χ4n) is 6.51. The van der Waals surface area contributed by atoms with E-state index in [1.54, 1.807) is 12.1 Å². The van der Waals surface area contributed by atoms with Gasteiger partial charge in [0.15, 0.2) is 0 Å². The Morgan fingerprint density at radius 2 is 1.61 bits per heavy atom. The maximum Gasteiger partial charge on any atom is 0.264 e. The summed E-state index contributed by atoms with van der Waals surface area (Å²) in [5.41, 5.74) is 10.8. The van der Waals surface area contributed by atoms with Gasteiger partial charge < -0.3 is 20.7 Å². The Morgan fingerprint density at radius 1 is 0.913 bits per heavy atom. The first kappa shape index (κ1) is 31.4. The summed E-state index contributed by atoms with van der Waals surface area (Å²) in [7, 11) is 0. The van der Waals surface area contributed by atoms with Crippen molar-refractivity contribution in [2.24, 2.45) is 23.5 Å². The average molecular weight is 623 g/mol. The molecule has 10 heteroatoms. The number of pyridine rings is 1. The minimum Gasteiger partial charge on any atom is -0.378 e. The molecule has 3 heterocycles. The number of morpholine rings is 1. The minimum atomic E-state index is -0.513. The zero-order chi connectivity index (χ0) is 31.9. The number of nitrogens with zero attached hydrogens (tertiary/aromatic N) is 2. The fraction of sp³-hybridized carbons (Fsp3) is 0.389. The summed E-state index contributed by atoms with van der Waals surface area (Å²) in [6, 6.07) is 21.1. The first-order valence-electron chi connectivity index (χ1n) is 16.2. The quantitative estimate of drug-likeness (QED) is 0.188. The van der Waals surface area contributed by atoms with Crippen LogP contribution in [-0.4, -0.2) is 59.7 Å². The average Bonchev–Trinajstić information content (AvgIpc) is 3.55. The Morgan fingerprint density at radius 3 is 2.24 bits per heavy atom. The second-order valence-electron chi connectivity index (χ2n) is 12.5. The molecule has 1 atom stereocenters. The van der Waals surface area contributed by atoms with Crippen LogP contribution >= 0.6 is 0 Å². The molecule has 5 N–H and O–H groups in total. The molecule has 0 radical (unpaired) electrons. The van der Waals surface area contributed by atoms with Crippen molar-refractivity contribution in [2.45, 2.75) is 38.5 Å². The van der Waals surface area contributed by atoms with Crippen LogP contribution in [0, 0.1) is 17.8 Å². The smallest absolute Gasteiger partial charge is 0.264 e. The highest BCUT2D eigenvalue weighted by molar-refractivity contribution is 5.96.